The highest BCUT2D eigenvalue weighted by Crippen LogP contribution is 2.27. The number of aromatic nitrogens is 3. The summed E-state index contributed by atoms with van der Waals surface area (Å²) in [6.45, 7) is 0. The minimum atomic E-state index is 0.194. The number of benzene rings is 2. The zero-order chi connectivity index (χ0) is 14.7. The van der Waals surface area contributed by atoms with Gasteiger partial charge in [0.15, 0.2) is 5.82 Å². The molecule has 0 radical (unpaired) electrons. The second-order valence-electron chi connectivity index (χ2n) is 4.89. The molecular formula is C16H16N4S. The molecule has 0 saturated carbocycles. The van der Waals surface area contributed by atoms with Gasteiger partial charge >= 0.3 is 0 Å². The molecule has 2 aromatic carbocycles. The molecule has 0 amide bonds. The fraction of sp³-hybridized carbons (Fsp3) is 0.125. The van der Waals surface area contributed by atoms with Crippen LogP contribution in [0.5, 0.6) is 0 Å². The van der Waals surface area contributed by atoms with Gasteiger partial charge in [-0.1, -0.05) is 60.7 Å². The SMILES string of the molecule is Nn1c(CC(c2ccccc2)c2ccccc2)n[nH]c1=S. The van der Waals surface area contributed by atoms with Crippen molar-refractivity contribution in [2.75, 3.05) is 5.84 Å². The van der Waals surface area contributed by atoms with Crippen molar-refractivity contribution in [3.8, 4) is 0 Å². The first-order chi connectivity index (χ1) is 10.3. The van der Waals surface area contributed by atoms with E-state index in [1.54, 1.807) is 0 Å². The van der Waals surface area contributed by atoms with E-state index in [0.717, 1.165) is 5.82 Å². The third kappa shape index (κ3) is 2.87. The average Bonchev–Trinajstić information content (AvgIpc) is 2.86. The Bertz CT molecular complexity index is 722. The van der Waals surface area contributed by atoms with Gasteiger partial charge < -0.3 is 5.84 Å². The van der Waals surface area contributed by atoms with Crippen molar-refractivity contribution in [1.29, 1.82) is 0 Å². The van der Waals surface area contributed by atoms with Gasteiger partial charge in [0.2, 0.25) is 4.77 Å². The number of nitrogens with one attached hydrogen (secondary N) is 1. The molecule has 5 heteroatoms. The van der Waals surface area contributed by atoms with Crippen LogP contribution in [0, 0.1) is 4.77 Å². The molecule has 1 aromatic heterocycles. The summed E-state index contributed by atoms with van der Waals surface area (Å²) in [6.07, 6.45) is 0.692. The topological polar surface area (TPSA) is 59.6 Å². The maximum Gasteiger partial charge on any atom is 0.214 e. The third-order valence-corrected chi connectivity index (χ3v) is 3.86. The molecule has 0 aliphatic carbocycles. The highest BCUT2D eigenvalue weighted by molar-refractivity contribution is 7.71. The first kappa shape index (κ1) is 13.6. The third-order valence-electron chi connectivity index (χ3n) is 3.57. The molecule has 3 rings (SSSR count). The monoisotopic (exact) mass is 296 g/mol. The number of rotatable bonds is 4. The predicted octanol–water partition coefficient (Wildman–Crippen LogP) is 3.03. The van der Waals surface area contributed by atoms with E-state index in [1.165, 1.54) is 15.8 Å². The van der Waals surface area contributed by atoms with Gasteiger partial charge in [-0.05, 0) is 23.3 Å². The quantitative estimate of drug-likeness (QED) is 0.574. The van der Waals surface area contributed by atoms with Crippen LogP contribution in [0.3, 0.4) is 0 Å². The Balaban J connectivity index is 2.01. The highest BCUT2D eigenvalue weighted by atomic mass is 32.1. The molecule has 3 N–H and O–H groups in total. The second-order valence-corrected chi connectivity index (χ2v) is 5.28. The smallest absolute Gasteiger partial charge is 0.214 e. The lowest BCUT2D eigenvalue weighted by Gasteiger charge is -2.17. The lowest BCUT2D eigenvalue weighted by Crippen LogP contribution is -2.16. The van der Waals surface area contributed by atoms with E-state index in [9.17, 15) is 0 Å². The molecule has 3 aromatic rings. The van der Waals surface area contributed by atoms with Crippen LogP contribution in [0.2, 0.25) is 0 Å². The van der Waals surface area contributed by atoms with Crippen LogP contribution in [0.1, 0.15) is 22.9 Å². The maximum absolute atomic E-state index is 5.93. The van der Waals surface area contributed by atoms with E-state index in [2.05, 4.69) is 34.5 Å². The zero-order valence-electron chi connectivity index (χ0n) is 11.4. The lowest BCUT2D eigenvalue weighted by molar-refractivity contribution is 0.724. The lowest BCUT2D eigenvalue weighted by atomic mass is 9.88. The van der Waals surface area contributed by atoms with E-state index in [4.69, 9.17) is 18.1 Å². The molecular weight excluding hydrogens is 280 g/mol. The van der Waals surface area contributed by atoms with Crippen LogP contribution in [0.4, 0.5) is 0 Å². The van der Waals surface area contributed by atoms with Gasteiger partial charge in [0.1, 0.15) is 0 Å². The Morgan fingerprint density at radius 3 is 1.95 bits per heavy atom. The van der Waals surface area contributed by atoms with Crippen LogP contribution >= 0.6 is 12.2 Å². The van der Waals surface area contributed by atoms with Crippen molar-refractivity contribution in [1.82, 2.24) is 14.9 Å². The molecule has 1 heterocycles. The van der Waals surface area contributed by atoms with Gasteiger partial charge in [-0.3, -0.25) is 5.10 Å². The summed E-state index contributed by atoms with van der Waals surface area (Å²) in [6, 6.07) is 20.7. The first-order valence-corrected chi connectivity index (χ1v) is 7.18. The molecule has 4 nitrogen and oxygen atoms in total. The number of nitrogens with zero attached hydrogens (tertiary/aromatic N) is 2. The molecule has 0 bridgehead atoms. The van der Waals surface area contributed by atoms with Crippen LogP contribution in [-0.4, -0.2) is 14.9 Å². The normalized spacial score (nSPS) is 10.9. The van der Waals surface area contributed by atoms with Crippen LogP contribution < -0.4 is 5.84 Å². The number of hydrogen-bond acceptors (Lipinski definition) is 3. The minimum absolute atomic E-state index is 0.194. The van der Waals surface area contributed by atoms with Crippen molar-refractivity contribution in [2.45, 2.75) is 12.3 Å². The van der Waals surface area contributed by atoms with Gasteiger partial charge in [-0.15, -0.1) is 0 Å². The van der Waals surface area contributed by atoms with Gasteiger partial charge in [-0.2, -0.15) is 5.10 Å². The molecule has 0 saturated heterocycles. The van der Waals surface area contributed by atoms with Crippen LogP contribution in [-0.2, 0) is 6.42 Å². The minimum Gasteiger partial charge on any atom is -0.335 e. The van der Waals surface area contributed by atoms with E-state index in [0.29, 0.717) is 11.2 Å². The molecule has 0 aliphatic heterocycles. The van der Waals surface area contributed by atoms with Crippen molar-refractivity contribution in [2.24, 2.45) is 0 Å². The molecule has 21 heavy (non-hydrogen) atoms. The van der Waals surface area contributed by atoms with E-state index >= 15 is 0 Å². The van der Waals surface area contributed by atoms with Crippen molar-refractivity contribution in [3.63, 3.8) is 0 Å². The van der Waals surface area contributed by atoms with Crippen molar-refractivity contribution >= 4 is 12.2 Å². The second kappa shape index (κ2) is 5.93. The molecule has 0 atom stereocenters. The standard InChI is InChI=1S/C16H16N4S/c17-20-15(18-19-16(20)21)11-14(12-7-3-1-4-8-12)13-9-5-2-6-10-13/h1-10,14H,11,17H2,(H,19,21). The van der Waals surface area contributed by atoms with Gasteiger partial charge in [0.05, 0.1) is 0 Å². The summed E-state index contributed by atoms with van der Waals surface area (Å²) < 4.78 is 1.87. The number of hydrogen-bond donors (Lipinski definition) is 2. The molecule has 0 fully saturated rings. The average molecular weight is 296 g/mol. The summed E-state index contributed by atoms with van der Waals surface area (Å²) in [4.78, 5) is 0. The fourth-order valence-corrected chi connectivity index (χ4v) is 2.61. The zero-order valence-corrected chi connectivity index (χ0v) is 12.3. The molecule has 106 valence electrons. The molecule has 0 unspecified atom stereocenters. The van der Waals surface area contributed by atoms with Crippen LogP contribution in [0.15, 0.2) is 60.7 Å². The van der Waals surface area contributed by atoms with E-state index in [-0.39, 0.29) is 5.92 Å². The van der Waals surface area contributed by atoms with Gasteiger partial charge in [0.25, 0.3) is 0 Å². The fourth-order valence-electron chi connectivity index (χ4n) is 2.46. The summed E-state index contributed by atoms with van der Waals surface area (Å²) in [7, 11) is 0. The van der Waals surface area contributed by atoms with Crippen molar-refractivity contribution < 1.29 is 0 Å². The number of nitrogens with two attached hydrogens (primary N) is 1. The molecule has 0 spiro atoms. The largest absolute Gasteiger partial charge is 0.335 e. The Kier molecular flexibility index (Phi) is 3.83. The van der Waals surface area contributed by atoms with Crippen molar-refractivity contribution in [3.05, 3.63) is 82.4 Å². The Morgan fingerprint density at radius 2 is 1.52 bits per heavy atom. The van der Waals surface area contributed by atoms with Gasteiger partial charge in [-0.25, -0.2) is 4.68 Å². The van der Waals surface area contributed by atoms with E-state index < -0.39 is 0 Å². The Hall–Kier alpha value is -2.40. The summed E-state index contributed by atoms with van der Waals surface area (Å²) in [5, 5.41) is 6.96. The summed E-state index contributed by atoms with van der Waals surface area (Å²) >= 11 is 5.08. The first-order valence-electron chi connectivity index (χ1n) is 6.77. The number of nitrogen functional groups attached to an aromatic ring is 1. The molecule has 0 aliphatic rings. The summed E-state index contributed by atoms with van der Waals surface area (Å²) in [5.74, 6) is 6.87. The van der Waals surface area contributed by atoms with Gasteiger partial charge in [0, 0.05) is 12.3 Å². The number of H-pyrrole nitrogens is 1. The summed E-state index contributed by atoms with van der Waals surface area (Å²) in [5.41, 5.74) is 2.47. The highest BCUT2D eigenvalue weighted by Gasteiger charge is 2.17. The maximum atomic E-state index is 5.93. The Morgan fingerprint density at radius 1 is 1.00 bits per heavy atom. The predicted molar refractivity (Wildman–Crippen MR) is 86.0 cm³/mol. The Labute approximate surface area is 128 Å². The number of aromatic amines is 1. The van der Waals surface area contributed by atoms with E-state index in [1.807, 2.05) is 36.4 Å². The van der Waals surface area contributed by atoms with Crippen LogP contribution in [0.25, 0.3) is 0 Å².